The second-order valence-corrected chi connectivity index (χ2v) is 6.93. The predicted molar refractivity (Wildman–Crippen MR) is 64.0 cm³/mol. The third-order valence-corrected chi connectivity index (χ3v) is 4.59. The van der Waals surface area contributed by atoms with Gasteiger partial charge >= 0.3 is 0 Å². The molecule has 5 heteroatoms. The Hall–Kier alpha value is -0.250. The fourth-order valence-corrected chi connectivity index (χ4v) is 1.95. The summed E-state index contributed by atoms with van der Waals surface area (Å²) in [6.45, 7) is 1.61. The molecule has 0 bridgehead atoms. The number of halogens is 2. The minimum absolute atomic E-state index is 0.519. The molecule has 0 saturated carbocycles. The Morgan fingerprint density at radius 2 is 1.80 bits per heavy atom. The number of aryl methyl sites for hydroxylation is 1. The normalized spacial score (nSPS) is 13.8. The van der Waals surface area contributed by atoms with Crippen molar-refractivity contribution in [3.63, 3.8) is 0 Å². The number of benzene rings is 1. The lowest BCUT2D eigenvalue weighted by Crippen LogP contribution is -2.12. The van der Waals surface area contributed by atoms with Crippen LogP contribution in [0, 0.1) is 0 Å². The zero-order chi connectivity index (χ0) is 11.5. The Morgan fingerprint density at radius 1 is 1.27 bits per heavy atom. The highest BCUT2D eigenvalue weighted by Crippen LogP contribution is 2.15. The van der Waals surface area contributed by atoms with Crippen LogP contribution in [0.25, 0.3) is 0 Å². The fourth-order valence-electron chi connectivity index (χ4n) is 1.16. The van der Waals surface area contributed by atoms with Crippen LogP contribution in [0.15, 0.2) is 24.3 Å². The molecule has 1 aromatic rings. The molecule has 0 aliphatic carbocycles. The molecule has 0 N–H and O–H groups in total. The lowest BCUT2D eigenvalue weighted by atomic mass is 10.1. The van der Waals surface area contributed by atoms with E-state index in [-0.39, 0.29) is 0 Å². The highest BCUT2D eigenvalue weighted by molar-refractivity contribution is 8.14. The summed E-state index contributed by atoms with van der Waals surface area (Å²) >= 11 is 5.73. The first-order valence-corrected chi connectivity index (χ1v) is 7.32. The van der Waals surface area contributed by atoms with Crippen molar-refractivity contribution in [2.75, 3.05) is 0 Å². The van der Waals surface area contributed by atoms with Crippen LogP contribution < -0.4 is 0 Å². The first kappa shape index (κ1) is 12.8. The molecule has 0 radical (unpaired) electrons. The molecule has 0 aliphatic heterocycles. The minimum atomic E-state index is -3.43. The Balaban J connectivity index is 2.55. The molecule has 15 heavy (non-hydrogen) atoms. The van der Waals surface area contributed by atoms with E-state index in [1.54, 1.807) is 19.1 Å². The van der Waals surface area contributed by atoms with E-state index in [0.29, 0.717) is 17.9 Å². The summed E-state index contributed by atoms with van der Waals surface area (Å²) < 4.78 is 21.9. The smallest absolute Gasteiger partial charge is 0.212 e. The largest absolute Gasteiger partial charge is 0.235 e. The van der Waals surface area contributed by atoms with Gasteiger partial charge in [0.05, 0.1) is 5.25 Å². The van der Waals surface area contributed by atoms with Gasteiger partial charge in [0.2, 0.25) is 9.05 Å². The van der Waals surface area contributed by atoms with Gasteiger partial charge in [-0.1, -0.05) is 23.7 Å². The SMILES string of the molecule is CC(CCc1ccc(Cl)cc1)S(=O)(=O)Cl. The summed E-state index contributed by atoms with van der Waals surface area (Å²) in [7, 11) is 1.79. The van der Waals surface area contributed by atoms with Crippen molar-refractivity contribution >= 4 is 31.3 Å². The van der Waals surface area contributed by atoms with Crippen molar-refractivity contribution in [2.24, 2.45) is 0 Å². The van der Waals surface area contributed by atoms with Crippen LogP contribution >= 0.6 is 22.3 Å². The third kappa shape index (κ3) is 4.41. The molecule has 1 unspecified atom stereocenters. The van der Waals surface area contributed by atoms with E-state index in [1.807, 2.05) is 12.1 Å². The Morgan fingerprint density at radius 3 is 2.27 bits per heavy atom. The van der Waals surface area contributed by atoms with Crippen LogP contribution in [-0.2, 0) is 15.5 Å². The molecule has 0 amide bonds. The summed E-state index contributed by atoms with van der Waals surface area (Å²) in [6.07, 6.45) is 1.21. The van der Waals surface area contributed by atoms with Crippen molar-refractivity contribution in [1.29, 1.82) is 0 Å². The highest BCUT2D eigenvalue weighted by Gasteiger charge is 2.16. The Labute approximate surface area is 99.6 Å². The minimum Gasteiger partial charge on any atom is -0.212 e. The molecule has 1 rings (SSSR count). The van der Waals surface area contributed by atoms with E-state index in [2.05, 4.69) is 0 Å². The summed E-state index contributed by atoms with van der Waals surface area (Å²) in [5, 5.41) is 0.159. The highest BCUT2D eigenvalue weighted by atomic mass is 35.7. The average Bonchev–Trinajstić information content (AvgIpc) is 2.15. The van der Waals surface area contributed by atoms with Gasteiger partial charge in [0.25, 0.3) is 0 Å². The molecule has 2 nitrogen and oxygen atoms in total. The number of hydrogen-bond donors (Lipinski definition) is 0. The van der Waals surface area contributed by atoms with Gasteiger partial charge in [0, 0.05) is 15.7 Å². The standard InChI is InChI=1S/C10H12Cl2O2S/c1-8(15(12,13)14)2-3-9-4-6-10(11)7-5-9/h4-8H,2-3H2,1H3. The zero-order valence-corrected chi connectivity index (χ0v) is 10.6. The van der Waals surface area contributed by atoms with Crippen molar-refractivity contribution in [2.45, 2.75) is 25.0 Å². The first-order valence-electron chi connectivity index (χ1n) is 4.57. The van der Waals surface area contributed by atoms with Gasteiger partial charge in [-0.15, -0.1) is 0 Å². The zero-order valence-electron chi connectivity index (χ0n) is 8.28. The lowest BCUT2D eigenvalue weighted by Gasteiger charge is -2.07. The number of rotatable bonds is 4. The van der Waals surface area contributed by atoms with Gasteiger partial charge in [-0.3, -0.25) is 0 Å². The van der Waals surface area contributed by atoms with E-state index >= 15 is 0 Å². The second kappa shape index (κ2) is 5.19. The maximum Gasteiger partial charge on any atom is 0.235 e. The quantitative estimate of drug-likeness (QED) is 0.785. The molecular formula is C10H12Cl2O2S. The van der Waals surface area contributed by atoms with E-state index in [1.165, 1.54) is 0 Å². The van der Waals surface area contributed by atoms with Crippen LogP contribution in [0.1, 0.15) is 18.9 Å². The van der Waals surface area contributed by atoms with E-state index in [9.17, 15) is 8.42 Å². The van der Waals surface area contributed by atoms with Crippen LogP contribution in [-0.4, -0.2) is 13.7 Å². The molecule has 84 valence electrons. The Bertz CT molecular complexity index is 412. The van der Waals surface area contributed by atoms with Crippen LogP contribution in [0.5, 0.6) is 0 Å². The van der Waals surface area contributed by atoms with Crippen molar-refractivity contribution < 1.29 is 8.42 Å². The van der Waals surface area contributed by atoms with Gasteiger partial charge < -0.3 is 0 Å². The number of hydrogen-bond acceptors (Lipinski definition) is 2. The lowest BCUT2D eigenvalue weighted by molar-refractivity contribution is 0.592. The molecule has 0 spiro atoms. The molecule has 0 heterocycles. The monoisotopic (exact) mass is 266 g/mol. The van der Waals surface area contributed by atoms with Crippen molar-refractivity contribution in [3.8, 4) is 0 Å². The van der Waals surface area contributed by atoms with Gasteiger partial charge in [0.1, 0.15) is 0 Å². The van der Waals surface area contributed by atoms with Gasteiger partial charge in [-0.2, -0.15) is 0 Å². The summed E-state index contributed by atoms with van der Waals surface area (Å²) in [5.41, 5.74) is 1.06. The third-order valence-electron chi connectivity index (χ3n) is 2.23. The maximum absolute atomic E-state index is 11.0. The molecule has 1 aromatic carbocycles. The maximum atomic E-state index is 11.0. The van der Waals surface area contributed by atoms with Crippen LogP contribution in [0.2, 0.25) is 5.02 Å². The molecule has 0 saturated heterocycles. The summed E-state index contributed by atoms with van der Waals surface area (Å²) in [5.74, 6) is 0. The first-order chi connectivity index (χ1) is 6.89. The van der Waals surface area contributed by atoms with Crippen LogP contribution in [0.3, 0.4) is 0 Å². The van der Waals surface area contributed by atoms with E-state index in [4.69, 9.17) is 22.3 Å². The topological polar surface area (TPSA) is 34.1 Å². The van der Waals surface area contributed by atoms with Gasteiger partial charge in [-0.05, 0) is 37.5 Å². The fraction of sp³-hybridized carbons (Fsp3) is 0.400. The van der Waals surface area contributed by atoms with Gasteiger partial charge in [0.15, 0.2) is 0 Å². The summed E-state index contributed by atoms with van der Waals surface area (Å²) in [6, 6.07) is 7.35. The van der Waals surface area contributed by atoms with Crippen molar-refractivity contribution in [1.82, 2.24) is 0 Å². The summed E-state index contributed by atoms with van der Waals surface area (Å²) in [4.78, 5) is 0. The Kier molecular flexibility index (Phi) is 4.44. The molecule has 0 fully saturated rings. The molecule has 1 atom stereocenters. The van der Waals surface area contributed by atoms with Crippen LogP contribution in [0.4, 0.5) is 0 Å². The van der Waals surface area contributed by atoms with E-state index < -0.39 is 14.3 Å². The van der Waals surface area contributed by atoms with Crippen molar-refractivity contribution in [3.05, 3.63) is 34.9 Å². The molecule has 0 aromatic heterocycles. The molecular weight excluding hydrogens is 255 g/mol. The average molecular weight is 267 g/mol. The predicted octanol–water partition coefficient (Wildman–Crippen LogP) is 3.23. The van der Waals surface area contributed by atoms with Gasteiger partial charge in [-0.25, -0.2) is 8.42 Å². The molecule has 0 aliphatic rings. The van der Waals surface area contributed by atoms with E-state index in [0.717, 1.165) is 5.56 Å². The second-order valence-electron chi connectivity index (χ2n) is 3.45.